The van der Waals surface area contributed by atoms with Gasteiger partial charge in [-0.3, -0.25) is 5.41 Å². The Morgan fingerprint density at radius 3 is 2.90 bits per heavy atom. The van der Waals surface area contributed by atoms with Gasteiger partial charge in [-0.05, 0) is 12.5 Å². The normalized spacial score (nSPS) is 13.9. The van der Waals surface area contributed by atoms with Gasteiger partial charge >= 0.3 is 0 Å². The van der Waals surface area contributed by atoms with Crippen LogP contribution in [0.15, 0.2) is 24.3 Å². The predicted octanol–water partition coefficient (Wildman–Crippen LogP) is 2.93. The molecule has 0 amide bonds. The molecule has 0 atom stereocenters. The highest BCUT2D eigenvalue weighted by Crippen LogP contribution is 2.23. The third kappa shape index (κ3) is 2.32. The van der Waals surface area contributed by atoms with E-state index >= 15 is 0 Å². The van der Waals surface area contributed by atoms with Crippen molar-refractivity contribution in [3.8, 4) is 0 Å². The summed E-state index contributed by atoms with van der Waals surface area (Å²) in [4.78, 5) is 8.75. The number of nitrogens with zero attached hydrogens (tertiary/aromatic N) is 2. The smallest absolute Gasteiger partial charge is 0.179 e. The number of rotatable bonds is 2. The van der Waals surface area contributed by atoms with E-state index in [0.29, 0.717) is 36.3 Å². The summed E-state index contributed by atoms with van der Waals surface area (Å²) in [6.07, 6.45) is 0.714. The molecule has 0 saturated heterocycles. The lowest BCUT2D eigenvalue weighted by molar-refractivity contribution is 0.109. The molecule has 102 valence electrons. The van der Waals surface area contributed by atoms with Gasteiger partial charge in [0.05, 0.1) is 18.9 Å². The maximum atomic E-state index is 8.31. The minimum absolute atomic E-state index is 0.305. The van der Waals surface area contributed by atoms with Crippen LogP contribution in [0.5, 0.6) is 0 Å². The molecule has 0 fully saturated rings. The summed E-state index contributed by atoms with van der Waals surface area (Å²) >= 11 is 6.19. The van der Waals surface area contributed by atoms with Gasteiger partial charge in [0.1, 0.15) is 10.9 Å². The molecule has 1 N–H and O–H groups in total. The van der Waals surface area contributed by atoms with E-state index in [-0.39, 0.29) is 0 Å². The Balaban J connectivity index is 2.05. The van der Waals surface area contributed by atoms with Gasteiger partial charge in [-0.1, -0.05) is 35.9 Å². The fourth-order valence-corrected chi connectivity index (χ4v) is 2.52. The zero-order valence-electron chi connectivity index (χ0n) is 11.1. The zero-order chi connectivity index (χ0) is 14.1. The quantitative estimate of drug-likeness (QED) is 0.682. The second-order valence-electron chi connectivity index (χ2n) is 4.76. The van der Waals surface area contributed by atoms with Gasteiger partial charge < -0.3 is 4.74 Å². The standard InChI is InChI=1S/C15H14ClN3O/c1-9-4-2-3-5-10(9)13(17)15-18-12-6-7-20-8-11(12)14(16)19-15/h2-5,17H,6-8H2,1H3. The van der Waals surface area contributed by atoms with Crippen LogP contribution in [0.4, 0.5) is 0 Å². The van der Waals surface area contributed by atoms with Gasteiger partial charge in [0, 0.05) is 17.5 Å². The Hall–Kier alpha value is -1.78. The lowest BCUT2D eigenvalue weighted by atomic mass is 10.0. The number of nitrogens with one attached hydrogen (secondary N) is 1. The van der Waals surface area contributed by atoms with Crippen molar-refractivity contribution in [2.24, 2.45) is 0 Å². The number of fused-ring (bicyclic) bond motifs is 1. The summed E-state index contributed by atoms with van der Waals surface area (Å²) in [5.74, 6) is 0.380. The predicted molar refractivity (Wildman–Crippen MR) is 77.5 cm³/mol. The van der Waals surface area contributed by atoms with Gasteiger partial charge in [0.2, 0.25) is 0 Å². The molecule has 0 aliphatic carbocycles. The highest BCUT2D eigenvalue weighted by molar-refractivity contribution is 6.30. The largest absolute Gasteiger partial charge is 0.376 e. The van der Waals surface area contributed by atoms with Gasteiger partial charge in [-0.15, -0.1) is 0 Å². The number of hydrogen-bond donors (Lipinski definition) is 1. The minimum Gasteiger partial charge on any atom is -0.376 e. The van der Waals surface area contributed by atoms with Gasteiger partial charge in [0.25, 0.3) is 0 Å². The van der Waals surface area contributed by atoms with Crippen LogP contribution < -0.4 is 0 Å². The fourth-order valence-electron chi connectivity index (χ4n) is 2.28. The molecule has 1 aliphatic heterocycles. The van der Waals surface area contributed by atoms with E-state index in [9.17, 15) is 0 Å². The molecule has 2 aromatic rings. The first-order valence-corrected chi connectivity index (χ1v) is 6.82. The van der Waals surface area contributed by atoms with Crippen molar-refractivity contribution in [3.05, 3.63) is 57.6 Å². The van der Waals surface area contributed by atoms with Crippen molar-refractivity contribution in [2.45, 2.75) is 20.0 Å². The highest BCUT2D eigenvalue weighted by atomic mass is 35.5. The SMILES string of the molecule is Cc1ccccc1C(=N)c1nc(Cl)c2c(n1)CCOC2. The average molecular weight is 288 g/mol. The lowest BCUT2D eigenvalue weighted by Gasteiger charge is -2.17. The first-order valence-electron chi connectivity index (χ1n) is 6.45. The van der Waals surface area contributed by atoms with E-state index in [4.69, 9.17) is 21.7 Å². The number of halogens is 1. The number of benzene rings is 1. The monoisotopic (exact) mass is 287 g/mol. The Morgan fingerprint density at radius 2 is 2.10 bits per heavy atom. The molecular formula is C15H14ClN3O. The van der Waals surface area contributed by atoms with Crippen molar-refractivity contribution >= 4 is 17.3 Å². The van der Waals surface area contributed by atoms with Crippen molar-refractivity contribution in [3.63, 3.8) is 0 Å². The Bertz CT molecular complexity index is 685. The van der Waals surface area contributed by atoms with Gasteiger partial charge in [-0.25, -0.2) is 9.97 Å². The van der Waals surface area contributed by atoms with Crippen LogP contribution in [-0.2, 0) is 17.8 Å². The molecule has 0 bridgehead atoms. The Kier molecular flexibility index (Phi) is 3.51. The van der Waals surface area contributed by atoms with Gasteiger partial charge in [-0.2, -0.15) is 0 Å². The van der Waals surface area contributed by atoms with Crippen LogP contribution in [0, 0.1) is 12.3 Å². The third-order valence-electron chi connectivity index (χ3n) is 3.41. The van der Waals surface area contributed by atoms with Crippen molar-refractivity contribution in [1.29, 1.82) is 5.41 Å². The molecule has 2 heterocycles. The molecule has 20 heavy (non-hydrogen) atoms. The molecule has 1 aliphatic rings. The molecular weight excluding hydrogens is 274 g/mol. The number of ether oxygens (including phenoxy) is 1. The molecule has 0 radical (unpaired) electrons. The topological polar surface area (TPSA) is 58.9 Å². The van der Waals surface area contributed by atoms with E-state index in [1.54, 1.807) is 0 Å². The molecule has 0 spiro atoms. The first-order chi connectivity index (χ1) is 9.66. The van der Waals surface area contributed by atoms with Crippen LogP contribution in [0.3, 0.4) is 0 Å². The molecule has 0 saturated carbocycles. The van der Waals surface area contributed by atoms with E-state index in [1.807, 2.05) is 31.2 Å². The summed E-state index contributed by atoms with van der Waals surface area (Å²) in [5.41, 5.74) is 3.90. The molecule has 0 unspecified atom stereocenters. The third-order valence-corrected chi connectivity index (χ3v) is 3.72. The Morgan fingerprint density at radius 1 is 1.30 bits per heavy atom. The fraction of sp³-hybridized carbons (Fsp3) is 0.267. The van der Waals surface area contributed by atoms with Crippen LogP contribution >= 0.6 is 11.6 Å². The van der Waals surface area contributed by atoms with Crippen LogP contribution in [0.2, 0.25) is 5.15 Å². The molecule has 1 aromatic carbocycles. The van der Waals surface area contributed by atoms with E-state index in [1.165, 1.54) is 0 Å². The van der Waals surface area contributed by atoms with E-state index in [0.717, 1.165) is 22.4 Å². The summed E-state index contributed by atoms with van der Waals surface area (Å²) in [6, 6.07) is 7.73. The highest BCUT2D eigenvalue weighted by Gasteiger charge is 2.19. The second-order valence-corrected chi connectivity index (χ2v) is 5.11. The second kappa shape index (κ2) is 5.31. The number of hydrogen-bond acceptors (Lipinski definition) is 4. The zero-order valence-corrected chi connectivity index (χ0v) is 11.9. The lowest BCUT2D eigenvalue weighted by Crippen LogP contribution is -2.18. The van der Waals surface area contributed by atoms with Gasteiger partial charge in [0.15, 0.2) is 5.82 Å². The summed E-state index contributed by atoms with van der Waals surface area (Å²) in [6.45, 7) is 3.06. The number of aromatic nitrogens is 2. The summed E-state index contributed by atoms with van der Waals surface area (Å²) in [5, 5.41) is 8.70. The van der Waals surface area contributed by atoms with Crippen LogP contribution in [0.1, 0.15) is 28.2 Å². The summed E-state index contributed by atoms with van der Waals surface area (Å²) < 4.78 is 5.36. The summed E-state index contributed by atoms with van der Waals surface area (Å²) in [7, 11) is 0. The molecule has 1 aromatic heterocycles. The molecule has 4 nitrogen and oxygen atoms in total. The number of aryl methyl sites for hydroxylation is 1. The Labute approximate surface area is 122 Å². The first kappa shape index (κ1) is 13.2. The van der Waals surface area contributed by atoms with Crippen LogP contribution in [-0.4, -0.2) is 22.3 Å². The maximum absolute atomic E-state index is 8.31. The maximum Gasteiger partial charge on any atom is 0.179 e. The van der Waals surface area contributed by atoms with E-state index < -0.39 is 0 Å². The molecule has 5 heteroatoms. The van der Waals surface area contributed by atoms with Crippen molar-refractivity contribution in [1.82, 2.24) is 9.97 Å². The average Bonchev–Trinajstić information content (AvgIpc) is 2.47. The van der Waals surface area contributed by atoms with Crippen LogP contribution in [0.25, 0.3) is 0 Å². The molecule has 3 rings (SSSR count). The minimum atomic E-state index is 0.305. The van der Waals surface area contributed by atoms with Crippen molar-refractivity contribution < 1.29 is 4.74 Å². The van der Waals surface area contributed by atoms with Crippen molar-refractivity contribution in [2.75, 3.05) is 6.61 Å². The van der Waals surface area contributed by atoms with E-state index in [2.05, 4.69) is 9.97 Å².